The summed E-state index contributed by atoms with van der Waals surface area (Å²) in [4.78, 5) is 12.5. The SMILES string of the molecule is C[C@H](Sc1nnc(-c2ccco2)n1-c1ccccc1)C(=O)NC[C@H]1CCCO1. The summed E-state index contributed by atoms with van der Waals surface area (Å²) in [6, 6.07) is 13.5. The van der Waals surface area contributed by atoms with Gasteiger partial charge in [0.1, 0.15) is 0 Å². The summed E-state index contributed by atoms with van der Waals surface area (Å²) < 4.78 is 13.0. The maximum absolute atomic E-state index is 12.5. The number of hydrogen-bond acceptors (Lipinski definition) is 6. The molecule has 146 valence electrons. The quantitative estimate of drug-likeness (QED) is 0.615. The predicted octanol–water partition coefficient (Wildman–Crippen LogP) is 3.30. The van der Waals surface area contributed by atoms with Crippen LogP contribution in [0.1, 0.15) is 19.8 Å². The Morgan fingerprint density at radius 2 is 2.14 bits per heavy atom. The van der Waals surface area contributed by atoms with Crippen LogP contribution in [0.15, 0.2) is 58.3 Å². The number of thioether (sulfide) groups is 1. The second-order valence-corrected chi connectivity index (χ2v) is 7.90. The van der Waals surface area contributed by atoms with E-state index in [4.69, 9.17) is 9.15 Å². The molecular weight excluding hydrogens is 376 g/mol. The minimum Gasteiger partial charge on any atom is -0.461 e. The number of benzene rings is 1. The second-order valence-electron chi connectivity index (χ2n) is 6.59. The van der Waals surface area contributed by atoms with Gasteiger partial charge in [0.15, 0.2) is 10.9 Å². The number of nitrogens with zero attached hydrogens (tertiary/aromatic N) is 3. The molecule has 7 nitrogen and oxygen atoms in total. The number of carbonyl (C=O) groups excluding carboxylic acids is 1. The fourth-order valence-corrected chi connectivity index (χ4v) is 3.99. The number of furan rings is 1. The third kappa shape index (κ3) is 4.13. The average Bonchev–Trinajstić information content (AvgIpc) is 3.47. The van der Waals surface area contributed by atoms with Gasteiger partial charge in [0.05, 0.1) is 17.6 Å². The number of rotatable bonds is 7. The minimum absolute atomic E-state index is 0.0392. The van der Waals surface area contributed by atoms with Crippen molar-refractivity contribution in [2.24, 2.45) is 0 Å². The lowest BCUT2D eigenvalue weighted by Crippen LogP contribution is -2.36. The summed E-state index contributed by atoms with van der Waals surface area (Å²) >= 11 is 1.37. The number of ether oxygens (including phenoxy) is 1. The van der Waals surface area contributed by atoms with E-state index >= 15 is 0 Å². The first-order valence-corrected chi connectivity index (χ1v) is 10.2. The molecular formula is C20H22N4O3S. The third-order valence-electron chi connectivity index (χ3n) is 4.57. The van der Waals surface area contributed by atoms with Crippen LogP contribution in [0.5, 0.6) is 0 Å². The van der Waals surface area contributed by atoms with Crippen LogP contribution in [0.4, 0.5) is 0 Å². The van der Waals surface area contributed by atoms with Gasteiger partial charge in [-0.3, -0.25) is 9.36 Å². The van der Waals surface area contributed by atoms with E-state index in [1.54, 1.807) is 6.26 Å². The van der Waals surface area contributed by atoms with Crippen LogP contribution in [0.3, 0.4) is 0 Å². The molecule has 1 aromatic carbocycles. The molecule has 3 heterocycles. The lowest BCUT2D eigenvalue weighted by Gasteiger charge is -2.15. The van der Waals surface area contributed by atoms with Gasteiger partial charge in [0.25, 0.3) is 0 Å². The topological polar surface area (TPSA) is 82.2 Å². The third-order valence-corrected chi connectivity index (χ3v) is 5.61. The van der Waals surface area contributed by atoms with Crippen molar-refractivity contribution in [2.45, 2.75) is 36.3 Å². The number of nitrogens with one attached hydrogen (secondary N) is 1. The van der Waals surface area contributed by atoms with Crippen LogP contribution in [0.2, 0.25) is 0 Å². The molecule has 0 bridgehead atoms. The van der Waals surface area contributed by atoms with Crippen molar-refractivity contribution in [1.29, 1.82) is 0 Å². The number of hydrogen-bond donors (Lipinski definition) is 1. The van der Waals surface area contributed by atoms with E-state index in [2.05, 4.69) is 15.5 Å². The van der Waals surface area contributed by atoms with Crippen LogP contribution in [0.25, 0.3) is 17.3 Å². The Bertz CT molecular complexity index is 905. The summed E-state index contributed by atoms with van der Waals surface area (Å²) in [5.41, 5.74) is 0.911. The Labute approximate surface area is 167 Å². The molecule has 0 spiro atoms. The summed E-state index contributed by atoms with van der Waals surface area (Å²) in [6.45, 7) is 3.19. The molecule has 1 aliphatic heterocycles. The van der Waals surface area contributed by atoms with Gasteiger partial charge in [-0.15, -0.1) is 10.2 Å². The van der Waals surface area contributed by atoms with Gasteiger partial charge in [-0.25, -0.2) is 0 Å². The van der Waals surface area contributed by atoms with Gasteiger partial charge < -0.3 is 14.5 Å². The fraction of sp³-hybridized carbons (Fsp3) is 0.350. The Hall–Kier alpha value is -2.58. The van der Waals surface area contributed by atoms with Crippen LogP contribution in [-0.4, -0.2) is 45.2 Å². The first-order chi connectivity index (χ1) is 13.7. The van der Waals surface area contributed by atoms with Gasteiger partial charge in [-0.1, -0.05) is 30.0 Å². The summed E-state index contributed by atoms with van der Waals surface area (Å²) in [7, 11) is 0. The molecule has 1 fully saturated rings. The zero-order valence-corrected chi connectivity index (χ0v) is 16.4. The second kappa shape index (κ2) is 8.62. The van der Waals surface area contributed by atoms with Crippen molar-refractivity contribution in [3.05, 3.63) is 48.7 Å². The molecule has 8 heteroatoms. The first-order valence-electron chi connectivity index (χ1n) is 9.33. The Morgan fingerprint density at radius 3 is 2.86 bits per heavy atom. The van der Waals surface area contributed by atoms with Gasteiger partial charge in [-0.2, -0.15) is 0 Å². The van der Waals surface area contributed by atoms with Crippen LogP contribution >= 0.6 is 11.8 Å². The number of carbonyl (C=O) groups is 1. The zero-order valence-electron chi connectivity index (χ0n) is 15.6. The molecule has 1 amide bonds. The van der Waals surface area contributed by atoms with Crippen molar-refractivity contribution < 1.29 is 13.9 Å². The Balaban J connectivity index is 1.53. The van der Waals surface area contributed by atoms with Crippen molar-refractivity contribution >= 4 is 17.7 Å². The van der Waals surface area contributed by atoms with Crippen molar-refractivity contribution in [1.82, 2.24) is 20.1 Å². The van der Waals surface area contributed by atoms with Crippen molar-refractivity contribution in [3.63, 3.8) is 0 Å². The van der Waals surface area contributed by atoms with E-state index in [0.717, 1.165) is 25.1 Å². The van der Waals surface area contributed by atoms with E-state index in [1.165, 1.54) is 11.8 Å². The molecule has 0 radical (unpaired) electrons. The van der Waals surface area contributed by atoms with Crippen molar-refractivity contribution in [2.75, 3.05) is 13.2 Å². The predicted molar refractivity (Wildman–Crippen MR) is 106 cm³/mol. The van der Waals surface area contributed by atoms with Crippen LogP contribution in [0, 0.1) is 0 Å². The number of para-hydroxylation sites is 1. The van der Waals surface area contributed by atoms with E-state index in [-0.39, 0.29) is 17.3 Å². The standard InChI is InChI=1S/C20H22N4O3S/c1-14(19(25)21-13-16-9-5-11-26-16)28-20-23-22-18(17-10-6-12-27-17)24(20)15-7-3-2-4-8-15/h2-4,6-8,10,12,14,16H,5,9,11,13H2,1H3,(H,21,25)/t14-,16+/m0/s1. The van der Waals surface area contributed by atoms with Crippen LogP contribution < -0.4 is 5.32 Å². The molecule has 28 heavy (non-hydrogen) atoms. The molecule has 2 atom stereocenters. The summed E-state index contributed by atoms with van der Waals surface area (Å²) in [5.74, 6) is 1.19. The average molecular weight is 398 g/mol. The highest BCUT2D eigenvalue weighted by Gasteiger charge is 2.24. The molecule has 0 saturated carbocycles. The molecule has 0 aliphatic carbocycles. The highest BCUT2D eigenvalue weighted by atomic mass is 32.2. The first kappa shape index (κ1) is 18.8. The summed E-state index contributed by atoms with van der Waals surface area (Å²) in [6.07, 6.45) is 3.78. The van der Waals surface area contributed by atoms with Gasteiger partial charge in [0, 0.05) is 18.8 Å². The molecule has 1 aliphatic rings. The van der Waals surface area contributed by atoms with E-state index < -0.39 is 0 Å². The molecule has 2 aromatic heterocycles. The molecule has 3 aromatic rings. The monoisotopic (exact) mass is 398 g/mol. The number of aromatic nitrogens is 3. The lowest BCUT2D eigenvalue weighted by molar-refractivity contribution is -0.120. The van der Waals surface area contributed by atoms with Gasteiger partial charge >= 0.3 is 0 Å². The number of amides is 1. The normalized spacial score (nSPS) is 17.5. The maximum Gasteiger partial charge on any atom is 0.233 e. The van der Waals surface area contributed by atoms with Gasteiger partial charge in [-0.05, 0) is 44.0 Å². The smallest absolute Gasteiger partial charge is 0.233 e. The fourth-order valence-electron chi connectivity index (χ4n) is 3.10. The van der Waals surface area contributed by atoms with E-state index in [0.29, 0.717) is 23.3 Å². The van der Waals surface area contributed by atoms with E-state index in [1.807, 2.05) is 54.0 Å². The zero-order chi connectivity index (χ0) is 19.3. The lowest BCUT2D eigenvalue weighted by atomic mass is 10.2. The Morgan fingerprint density at radius 1 is 1.29 bits per heavy atom. The largest absolute Gasteiger partial charge is 0.461 e. The van der Waals surface area contributed by atoms with Gasteiger partial charge in [0.2, 0.25) is 11.7 Å². The minimum atomic E-state index is -0.322. The van der Waals surface area contributed by atoms with E-state index in [9.17, 15) is 4.79 Å². The molecule has 0 unspecified atom stereocenters. The van der Waals surface area contributed by atoms with Crippen molar-refractivity contribution in [3.8, 4) is 17.3 Å². The highest BCUT2D eigenvalue weighted by Crippen LogP contribution is 2.30. The molecule has 1 N–H and O–H groups in total. The maximum atomic E-state index is 12.5. The summed E-state index contributed by atoms with van der Waals surface area (Å²) in [5, 5.41) is 11.9. The molecule has 4 rings (SSSR count). The highest BCUT2D eigenvalue weighted by molar-refractivity contribution is 8.00. The Kier molecular flexibility index (Phi) is 5.78. The van der Waals surface area contributed by atoms with Crippen LogP contribution in [-0.2, 0) is 9.53 Å². The molecule has 1 saturated heterocycles.